The van der Waals surface area contributed by atoms with E-state index in [4.69, 9.17) is 27.9 Å². The Kier molecular flexibility index (Phi) is 5.80. The molecule has 0 bridgehead atoms. The third-order valence-electron chi connectivity index (χ3n) is 2.13. The number of ether oxygens (including phenoxy) is 1. The Balaban J connectivity index is 2.73. The van der Waals surface area contributed by atoms with Gasteiger partial charge in [0.25, 0.3) is 0 Å². The molecule has 1 aromatic rings. The molecular formula is C10H15Cl2N3O. The minimum atomic E-state index is 0.342. The van der Waals surface area contributed by atoms with Gasteiger partial charge in [-0.25, -0.2) is 0 Å². The number of halogens is 2. The smallest absolute Gasteiger partial charge is 0.175 e. The van der Waals surface area contributed by atoms with Gasteiger partial charge in [0.15, 0.2) is 10.3 Å². The van der Waals surface area contributed by atoms with E-state index in [0.717, 1.165) is 18.8 Å². The Bertz CT molecular complexity index is 336. The van der Waals surface area contributed by atoms with E-state index in [9.17, 15) is 0 Å². The number of anilines is 1. The quantitative estimate of drug-likeness (QED) is 0.740. The lowest BCUT2D eigenvalue weighted by Gasteiger charge is -2.23. The van der Waals surface area contributed by atoms with Crippen molar-refractivity contribution in [1.29, 1.82) is 0 Å². The van der Waals surface area contributed by atoms with Crippen LogP contribution >= 0.6 is 23.2 Å². The predicted molar refractivity (Wildman–Crippen MR) is 66.4 cm³/mol. The third kappa shape index (κ3) is 3.77. The van der Waals surface area contributed by atoms with Crippen LogP contribution in [0, 0.1) is 0 Å². The molecule has 16 heavy (non-hydrogen) atoms. The molecule has 0 N–H and O–H groups in total. The summed E-state index contributed by atoms with van der Waals surface area (Å²) < 4.78 is 5.30. The molecule has 0 atom stereocenters. The Morgan fingerprint density at radius 3 is 2.69 bits per heavy atom. The first kappa shape index (κ1) is 13.5. The van der Waals surface area contributed by atoms with Crippen molar-refractivity contribution in [3.8, 4) is 0 Å². The van der Waals surface area contributed by atoms with Gasteiger partial charge in [0.1, 0.15) is 0 Å². The largest absolute Gasteiger partial charge is 0.380 e. The summed E-state index contributed by atoms with van der Waals surface area (Å²) in [6, 6.07) is 1.71. The van der Waals surface area contributed by atoms with E-state index in [1.807, 2.05) is 13.8 Å². The summed E-state index contributed by atoms with van der Waals surface area (Å²) in [5.74, 6) is 0. The zero-order valence-electron chi connectivity index (χ0n) is 9.41. The van der Waals surface area contributed by atoms with Crippen molar-refractivity contribution in [2.24, 2.45) is 0 Å². The van der Waals surface area contributed by atoms with E-state index in [1.54, 1.807) is 6.07 Å². The Morgan fingerprint density at radius 1 is 1.31 bits per heavy atom. The molecule has 0 spiro atoms. The average Bonchev–Trinajstić information content (AvgIpc) is 2.28. The van der Waals surface area contributed by atoms with Crippen LogP contribution in [0.4, 0.5) is 5.69 Å². The van der Waals surface area contributed by atoms with Crippen molar-refractivity contribution in [2.75, 3.05) is 31.2 Å². The normalized spacial score (nSPS) is 10.5. The third-order valence-corrected chi connectivity index (χ3v) is 2.59. The van der Waals surface area contributed by atoms with Crippen LogP contribution in [0.25, 0.3) is 0 Å². The topological polar surface area (TPSA) is 38.2 Å². The van der Waals surface area contributed by atoms with Crippen LogP contribution in [0.15, 0.2) is 6.07 Å². The van der Waals surface area contributed by atoms with Crippen molar-refractivity contribution in [3.05, 3.63) is 16.4 Å². The number of likely N-dealkylation sites (N-methyl/N-ethyl adjacent to an activating group) is 1. The van der Waals surface area contributed by atoms with Gasteiger partial charge in [0.2, 0.25) is 0 Å². The van der Waals surface area contributed by atoms with Crippen LogP contribution in [0.3, 0.4) is 0 Å². The lowest BCUT2D eigenvalue weighted by molar-refractivity contribution is 0.154. The minimum absolute atomic E-state index is 0.342. The second kappa shape index (κ2) is 6.89. The molecule has 0 saturated heterocycles. The standard InChI is InChI=1S/C10H15Cl2N3O/c1-3-15(5-6-16-4-2)8-7-9(11)13-14-10(8)12/h7H,3-6H2,1-2H3. The summed E-state index contributed by atoms with van der Waals surface area (Å²) in [4.78, 5) is 2.05. The minimum Gasteiger partial charge on any atom is -0.380 e. The summed E-state index contributed by atoms with van der Waals surface area (Å²) in [5, 5.41) is 8.16. The summed E-state index contributed by atoms with van der Waals surface area (Å²) in [6.07, 6.45) is 0. The molecule has 4 nitrogen and oxygen atoms in total. The SMILES string of the molecule is CCOCCN(CC)c1cc(Cl)nnc1Cl. The number of nitrogens with zero attached hydrogens (tertiary/aromatic N) is 3. The van der Waals surface area contributed by atoms with E-state index in [0.29, 0.717) is 23.5 Å². The Hall–Kier alpha value is -0.580. The molecule has 0 aliphatic carbocycles. The van der Waals surface area contributed by atoms with Gasteiger partial charge >= 0.3 is 0 Å². The highest BCUT2D eigenvalue weighted by Gasteiger charge is 2.11. The van der Waals surface area contributed by atoms with E-state index < -0.39 is 0 Å². The lowest BCUT2D eigenvalue weighted by atomic mass is 10.4. The second-order valence-electron chi connectivity index (χ2n) is 3.12. The molecule has 0 saturated carbocycles. The molecule has 0 aliphatic rings. The fourth-order valence-electron chi connectivity index (χ4n) is 1.33. The summed E-state index contributed by atoms with van der Waals surface area (Å²) in [6.45, 7) is 6.94. The molecule has 0 radical (unpaired) electrons. The summed E-state index contributed by atoms with van der Waals surface area (Å²) in [5.41, 5.74) is 0.795. The molecule has 0 aromatic carbocycles. The molecule has 6 heteroatoms. The van der Waals surface area contributed by atoms with Gasteiger partial charge in [-0.2, -0.15) is 0 Å². The Labute approximate surface area is 106 Å². The monoisotopic (exact) mass is 263 g/mol. The number of aromatic nitrogens is 2. The molecule has 0 unspecified atom stereocenters. The van der Waals surface area contributed by atoms with Crippen molar-refractivity contribution < 1.29 is 4.74 Å². The van der Waals surface area contributed by atoms with Gasteiger partial charge < -0.3 is 9.64 Å². The highest BCUT2D eigenvalue weighted by Crippen LogP contribution is 2.24. The first-order valence-corrected chi connectivity index (χ1v) is 5.96. The fraction of sp³-hybridized carbons (Fsp3) is 0.600. The number of hydrogen-bond acceptors (Lipinski definition) is 4. The molecule has 1 heterocycles. The number of hydrogen-bond donors (Lipinski definition) is 0. The maximum atomic E-state index is 5.97. The van der Waals surface area contributed by atoms with E-state index in [1.165, 1.54) is 0 Å². The van der Waals surface area contributed by atoms with Gasteiger partial charge in [-0.15, -0.1) is 10.2 Å². The van der Waals surface area contributed by atoms with Crippen molar-refractivity contribution in [3.63, 3.8) is 0 Å². The summed E-state index contributed by atoms with van der Waals surface area (Å²) in [7, 11) is 0. The van der Waals surface area contributed by atoms with Crippen LogP contribution in [0.5, 0.6) is 0 Å². The fourth-order valence-corrected chi connectivity index (χ4v) is 1.69. The van der Waals surface area contributed by atoms with Gasteiger partial charge in [-0.1, -0.05) is 23.2 Å². The Morgan fingerprint density at radius 2 is 2.06 bits per heavy atom. The zero-order valence-corrected chi connectivity index (χ0v) is 10.9. The van der Waals surface area contributed by atoms with Crippen LogP contribution in [-0.4, -0.2) is 36.5 Å². The molecule has 1 rings (SSSR count). The highest BCUT2D eigenvalue weighted by molar-refractivity contribution is 6.33. The predicted octanol–water partition coefficient (Wildman–Crippen LogP) is 2.65. The zero-order chi connectivity index (χ0) is 12.0. The molecular weight excluding hydrogens is 249 g/mol. The average molecular weight is 264 g/mol. The van der Waals surface area contributed by atoms with Crippen molar-refractivity contribution in [2.45, 2.75) is 13.8 Å². The maximum absolute atomic E-state index is 5.97. The number of rotatable bonds is 6. The van der Waals surface area contributed by atoms with Gasteiger partial charge in [0, 0.05) is 25.8 Å². The second-order valence-corrected chi connectivity index (χ2v) is 3.86. The van der Waals surface area contributed by atoms with Crippen LogP contribution in [-0.2, 0) is 4.74 Å². The van der Waals surface area contributed by atoms with E-state index in [2.05, 4.69) is 15.1 Å². The molecule has 0 fully saturated rings. The molecule has 0 aliphatic heterocycles. The highest BCUT2D eigenvalue weighted by atomic mass is 35.5. The van der Waals surface area contributed by atoms with Gasteiger partial charge in [-0.05, 0) is 13.8 Å². The van der Waals surface area contributed by atoms with Crippen molar-refractivity contribution in [1.82, 2.24) is 10.2 Å². The van der Waals surface area contributed by atoms with Crippen LogP contribution in [0.2, 0.25) is 10.3 Å². The maximum Gasteiger partial charge on any atom is 0.175 e. The van der Waals surface area contributed by atoms with Crippen LogP contribution in [0.1, 0.15) is 13.8 Å². The molecule has 1 aromatic heterocycles. The lowest BCUT2D eigenvalue weighted by Crippen LogP contribution is -2.27. The molecule has 90 valence electrons. The van der Waals surface area contributed by atoms with E-state index >= 15 is 0 Å². The van der Waals surface area contributed by atoms with E-state index in [-0.39, 0.29) is 0 Å². The van der Waals surface area contributed by atoms with Gasteiger partial charge in [0.05, 0.1) is 12.3 Å². The van der Waals surface area contributed by atoms with Crippen molar-refractivity contribution >= 4 is 28.9 Å². The van der Waals surface area contributed by atoms with Gasteiger partial charge in [-0.3, -0.25) is 0 Å². The summed E-state index contributed by atoms with van der Waals surface area (Å²) >= 11 is 11.8. The van der Waals surface area contributed by atoms with Crippen LogP contribution < -0.4 is 4.90 Å². The first-order chi connectivity index (χ1) is 7.69. The first-order valence-electron chi connectivity index (χ1n) is 5.20. The molecule has 0 amide bonds.